The lowest BCUT2D eigenvalue weighted by Crippen LogP contribution is -2.51. The normalized spacial score (nSPS) is 11.5. The van der Waals surface area contributed by atoms with Crippen LogP contribution < -0.4 is 10.1 Å². The minimum Gasteiger partial charge on any atom is -0.484 e. The molecular weight excluding hydrogens is 431 g/mol. The third-order valence-electron chi connectivity index (χ3n) is 4.96. The van der Waals surface area contributed by atoms with Crippen LogP contribution in [-0.2, 0) is 22.6 Å². The molecule has 0 fully saturated rings. The molecule has 5 nitrogen and oxygen atoms in total. The Kier molecular flexibility index (Phi) is 8.22. The highest BCUT2D eigenvalue weighted by atomic mass is 35.5. The molecule has 166 valence electrons. The van der Waals surface area contributed by atoms with Crippen molar-refractivity contribution in [2.75, 3.05) is 13.7 Å². The number of carbonyl (C=O) groups excluding carboxylic acids is 2. The van der Waals surface area contributed by atoms with Gasteiger partial charge >= 0.3 is 0 Å². The Morgan fingerprint density at radius 2 is 1.62 bits per heavy atom. The topological polar surface area (TPSA) is 58.6 Å². The van der Waals surface area contributed by atoms with Crippen LogP contribution in [0.25, 0.3) is 0 Å². The fourth-order valence-corrected chi connectivity index (χ4v) is 3.39. The first-order chi connectivity index (χ1) is 15.5. The van der Waals surface area contributed by atoms with Crippen molar-refractivity contribution in [2.24, 2.45) is 0 Å². The van der Waals surface area contributed by atoms with Crippen LogP contribution in [0.3, 0.4) is 0 Å². The van der Waals surface area contributed by atoms with Crippen molar-refractivity contribution in [3.8, 4) is 5.75 Å². The van der Waals surface area contributed by atoms with Crippen LogP contribution in [0.4, 0.5) is 4.39 Å². The van der Waals surface area contributed by atoms with E-state index in [2.05, 4.69) is 5.32 Å². The summed E-state index contributed by atoms with van der Waals surface area (Å²) in [4.78, 5) is 27.5. The average Bonchev–Trinajstić information content (AvgIpc) is 2.82. The third-order valence-corrected chi connectivity index (χ3v) is 5.21. The van der Waals surface area contributed by atoms with Crippen LogP contribution in [0.5, 0.6) is 5.75 Å². The number of amides is 2. The van der Waals surface area contributed by atoms with Crippen molar-refractivity contribution >= 4 is 23.4 Å². The van der Waals surface area contributed by atoms with Crippen LogP contribution >= 0.6 is 11.6 Å². The maximum absolute atomic E-state index is 13.2. The first-order valence-electron chi connectivity index (χ1n) is 10.1. The summed E-state index contributed by atoms with van der Waals surface area (Å²) >= 11 is 5.99. The number of nitrogens with zero attached hydrogens (tertiary/aromatic N) is 1. The summed E-state index contributed by atoms with van der Waals surface area (Å²) in [7, 11) is 1.54. The highest BCUT2D eigenvalue weighted by Gasteiger charge is 2.30. The second-order valence-electron chi connectivity index (χ2n) is 7.21. The molecule has 0 saturated carbocycles. The van der Waals surface area contributed by atoms with Gasteiger partial charge in [-0.1, -0.05) is 54.1 Å². The van der Waals surface area contributed by atoms with Crippen molar-refractivity contribution in [3.63, 3.8) is 0 Å². The first kappa shape index (κ1) is 23.3. The fourth-order valence-electron chi connectivity index (χ4n) is 3.27. The van der Waals surface area contributed by atoms with Crippen LogP contribution in [0.1, 0.15) is 11.1 Å². The van der Waals surface area contributed by atoms with Gasteiger partial charge in [-0.25, -0.2) is 4.39 Å². The Hall–Kier alpha value is -3.38. The van der Waals surface area contributed by atoms with Crippen molar-refractivity contribution in [3.05, 3.63) is 101 Å². The zero-order chi connectivity index (χ0) is 22.9. The van der Waals surface area contributed by atoms with E-state index in [1.807, 2.05) is 42.5 Å². The van der Waals surface area contributed by atoms with Gasteiger partial charge in [0.15, 0.2) is 6.61 Å². The minimum atomic E-state index is -0.748. The molecule has 32 heavy (non-hydrogen) atoms. The molecule has 1 N–H and O–H groups in total. The van der Waals surface area contributed by atoms with E-state index in [-0.39, 0.29) is 25.0 Å². The van der Waals surface area contributed by atoms with E-state index in [0.717, 1.165) is 11.1 Å². The molecule has 1 unspecified atom stereocenters. The van der Waals surface area contributed by atoms with Gasteiger partial charge in [-0.05, 0) is 47.5 Å². The predicted octanol–water partition coefficient (Wildman–Crippen LogP) is 4.24. The van der Waals surface area contributed by atoms with Gasteiger partial charge in [0.2, 0.25) is 5.91 Å². The maximum Gasteiger partial charge on any atom is 0.261 e. The monoisotopic (exact) mass is 454 g/mol. The zero-order valence-electron chi connectivity index (χ0n) is 17.6. The molecule has 0 aliphatic carbocycles. The summed E-state index contributed by atoms with van der Waals surface area (Å²) in [5, 5.41) is 3.24. The molecule has 3 aromatic carbocycles. The lowest BCUT2D eigenvalue weighted by Gasteiger charge is -2.31. The van der Waals surface area contributed by atoms with Gasteiger partial charge in [-0.15, -0.1) is 0 Å². The van der Waals surface area contributed by atoms with Gasteiger partial charge in [-0.2, -0.15) is 0 Å². The SMILES string of the molecule is CNC(=O)C(Cc1ccccc1)N(Cc1ccc(Cl)cc1)C(=O)COc1ccc(F)cc1. The van der Waals surface area contributed by atoms with Crippen molar-refractivity contribution in [1.82, 2.24) is 10.2 Å². The summed E-state index contributed by atoms with van der Waals surface area (Å²) < 4.78 is 18.7. The Morgan fingerprint density at radius 1 is 0.969 bits per heavy atom. The molecule has 0 aliphatic heterocycles. The summed E-state index contributed by atoms with van der Waals surface area (Å²) in [6, 6.07) is 21.3. The van der Waals surface area contributed by atoms with Gasteiger partial charge in [0.25, 0.3) is 5.91 Å². The number of hydrogen-bond donors (Lipinski definition) is 1. The van der Waals surface area contributed by atoms with Crippen molar-refractivity contribution in [2.45, 2.75) is 19.0 Å². The summed E-state index contributed by atoms with van der Waals surface area (Å²) in [5.74, 6) is -0.673. The smallest absolute Gasteiger partial charge is 0.261 e. The van der Waals surface area contributed by atoms with Gasteiger partial charge in [0, 0.05) is 25.0 Å². The van der Waals surface area contributed by atoms with Gasteiger partial charge in [0.05, 0.1) is 0 Å². The predicted molar refractivity (Wildman–Crippen MR) is 122 cm³/mol. The molecule has 0 radical (unpaired) electrons. The minimum absolute atomic E-state index is 0.202. The highest BCUT2D eigenvalue weighted by molar-refractivity contribution is 6.30. The van der Waals surface area contributed by atoms with Gasteiger partial charge in [0.1, 0.15) is 17.6 Å². The standard InChI is InChI=1S/C25H24ClFN2O3/c1-28-25(31)23(15-18-5-3-2-4-6-18)29(16-19-7-9-20(26)10-8-19)24(30)17-32-22-13-11-21(27)12-14-22/h2-14,23H,15-17H2,1H3,(H,28,31). The number of rotatable bonds is 9. The molecule has 0 aliphatic rings. The lowest BCUT2D eigenvalue weighted by molar-refractivity contribution is -0.142. The summed E-state index contributed by atoms with van der Waals surface area (Å²) in [6.45, 7) is -0.0881. The third kappa shape index (κ3) is 6.56. The zero-order valence-corrected chi connectivity index (χ0v) is 18.4. The molecule has 0 spiro atoms. The fraction of sp³-hybridized carbons (Fsp3) is 0.200. The van der Waals surface area contributed by atoms with E-state index in [1.165, 1.54) is 29.2 Å². The molecular formula is C25H24ClFN2O3. The summed E-state index contributed by atoms with van der Waals surface area (Å²) in [6.07, 6.45) is 0.344. The van der Waals surface area contributed by atoms with Gasteiger partial charge < -0.3 is 15.0 Å². The summed E-state index contributed by atoms with van der Waals surface area (Å²) in [5.41, 5.74) is 1.75. The van der Waals surface area contributed by atoms with E-state index >= 15 is 0 Å². The lowest BCUT2D eigenvalue weighted by atomic mass is 10.0. The van der Waals surface area contributed by atoms with Crippen molar-refractivity contribution in [1.29, 1.82) is 0 Å². The van der Waals surface area contributed by atoms with Gasteiger partial charge in [-0.3, -0.25) is 9.59 Å². The number of hydrogen-bond acceptors (Lipinski definition) is 3. The van der Waals surface area contributed by atoms with E-state index in [1.54, 1.807) is 19.2 Å². The number of ether oxygens (including phenoxy) is 1. The highest BCUT2D eigenvalue weighted by Crippen LogP contribution is 2.18. The molecule has 7 heteroatoms. The largest absolute Gasteiger partial charge is 0.484 e. The quantitative estimate of drug-likeness (QED) is 0.526. The second kappa shape index (κ2) is 11.3. The molecule has 3 rings (SSSR count). The number of halogens is 2. The van der Waals surface area contributed by atoms with Crippen LogP contribution in [0.15, 0.2) is 78.9 Å². The maximum atomic E-state index is 13.2. The Bertz CT molecular complexity index is 1030. The van der Waals surface area contributed by atoms with E-state index in [4.69, 9.17) is 16.3 Å². The Labute approximate surface area is 191 Å². The van der Waals surface area contributed by atoms with Crippen LogP contribution in [0.2, 0.25) is 5.02 Å². The number of nitrogens with one attached hydrogen (secondary N) is 1. The Morgan fingerprint density at radius 3 is 2.25 bits per heavy atom. The molecule has 0 heterocycles. The molecule has 0 aromatic heterocycles. The van der Waals surface area contributed by atoms with E-state index in [9.17, 15) is 14.0 Å². The Balaban J connectivity index is 1.85. The second-order valence-corrected chi connectivity index (χ2v) is 7.65. The molecule has 3 aromatic rings. The van der Waals surface area contributed by atoms with E-state index < -0.39 is 11.9 Å². The first-order valence-corrected chi connectivity index (χ1v) is 10.5. The molecule has 1 atom stereocenters. The number of likely N-dealkylation sites (N-methyl/N-ethyl adjacent to an activating group) is 1. The molecule has 0 bridgehead atoms. The number of carbonyl (C=O) groups is 2. The number of benzene rings is 3. The molecule has 2 amide bonds. The van der Waals surface area contributed by atoms with E-state index in [0.29, 0.717) is 17.2 Å². The molecule has 0 saturated heterocycles. The van der Waals surface area contributed by atoms with Crippen LogP contribution in [0, 0.1) is 5.82 Å². The average molecular weight is 455 g/mol. The van der Waals surface area contributed by atoms with Crippen molar-refractivity contribution < 1.29 is 18.7 Å². The van der Waals surface area contributed by atoms with Crippen LogP contribution in [-0.4, -0.2) is 36.4 Å².